The Morgan fingerprint density at radius 2 is 0.603 bits per heavy atom. The summed E-state index contributed by atoms with van der Waals surface area (Å²) < 4.78 is 5.51. The summed E-state index contributed by atoms with van der Waals surface area (Å²) in [6, 6.07) is -0.546. The van der Waals surface area contributed by atoms with Crippen LogP contribution in [0.3, 0.4) is 0 Å². The zero-order chi connectivity index (χ0) is 56.4. The fourth-order valence-corrected chi connectivity index (χ4v) is 11.6. The van der Waals surface area contributed by atoms with Gasteiger partial charge in [0.15, 0.2) is 0 Å². The fourth-order valence-electron chi connectivity index (χ4n) is 11.6. The summed E-state index contributed by atoms with van der Waals surface area (Å²) in [7, 11) is 0. The summed E-state index contributed by atoms with van der Waals surface area (Å²) in [6.45, 7) is 5.00. The van der Waals surface area contributed by atoms with Gasteiger partial charge in [-0.05, 0) is 51.4 Å². The van der Waals surface area contributed by atoms with Gasteiger partial charge in [-0.25, -0.2) is 0 Å². The highest BCUT2D eigenvalue weighted by atomic mass is 16.5. The minimum atomic E-state index is -0.669. The van der Waals surface area contributed by atoms with E-state index in [9.17, 15) is 19.8 Å². The molecule has 0 aliphatic carbocycles. The highest BCUT2D eigenvalue weighted by Crippen LogP contribution is 2.19. The second kappa shape index (κ2) is 68.1. The summed E-state index contributed by atoms with van der Waals surface area (Å²) >= 11 is 0. The van der Waals surface area contributed by atoms with Gasteiger partial charge in [0.05, 0.1) is 25.4 Å². The maximum atomic E-state index is 12.5. The Morgan fingerprint density at radius 1 is 0.346 bits per heavy atom. The van der Waals surface area contributed by atoms with E-state index < -0.39 is 12.1 Å². The third kappa shape index (κ3) is 63.8. The number of hydrogen-bond acceptors (Lipinski definition) is 5. The Bertz CT molecular complexity index is 1180. The van der Waals surface area contributed by atoms with Crippen LogP contribution in [0.25, 0.3) is 0 Å². The quantitative estimate of drug-likeness (QED) is 0.0320. The number of hydrogen-bond donors (Lipinski definition) is 3. The molecular formula is C72H141NO5. The van der Waals surface area contributed by atoms with Gasteiger partial charge in [0.2, 0.25) is 5.91 Å². The average Bonchev–Trinajstić information content (AvgIpc) is 3.44. The second-order valence-corrected chi connectivity index (χ2v) is 24.9. The molecule has 78 heavy (non-hydrogen) atoms. The van der Waals surface area contributed by atoms with Crippen LogP contribution in [0, 0.1) is 0 Å². The molecule has 1 amide bonds. The molecule has 2 atom stereocenters. The van der Waals surface area contributed by atoms with Gasteiger partial charge in [-0.3, -0.25) is 9.59 Å². The molecule has 0 fully saturated rings. The van der Waals surface area contributed by atoms with Crippen molar-refractivity contribution in [2.24, 2.45) is 0 Å². The van der Waals surface area contributed by atoms with Crippen LogP contribution < -0.4 is 5.32 Å². The van der Waals surface area contributed by atoms with Crippen molar-refractivity contribution in [1.29, 1.82) is 0 Å². The van der Waals surface area contributed by atoms with Gasteiger partial charge in [-0.2, -0.15) is 0 Å². The van der Waals surface area contributed by atoms with Gasteiger partial charge in [0.25, 0.3) is 0 Å². The van der Waals surface area contributed by atoms with Crippen LogP contribution in [0.15, 0.2) is 12.2 Å². The predicted octanol–water partition coefficient (Wildman–Crippen LogP) is 23.1. The van der Waals surface area contributed by atoms with Crippen molar-refractivity contribution in [2.75, 3.05) is 13.2 Å². The molecule has 6 nitrogen and oxygen atoms in total. The Hall–Kier alpha value is -1.40. The Labute approximate surface area is 489 Å². The van der Waals surface area contributed by atoms with Crippen molar-refractivity contribution < 1.29 is 24.5 Å². The molecule has 0 aliphatic heterocycles. The van der Waals surface area contributed by atoms with Gasteiger partial charge >= 0.3 is 5.97 Å². The van der Waals surface area contributed by atoms with Crippen molar-refractivity contribution in [2.45, 2.75) is 424 Å². The van der Waals surface area contributed by atoms with Crippen molar-refractivity contribution in [3.05, 3.63) is 12.2 Å². The maximum Gasteiger partial charge on any atom is 0.305 e. The van der Waals surface area contributed by atoms with Crippen LogP contribution in [0.4, 0.5) is 0 Å². The highest BCUT2D eigenvalue weighted by Gasteiger charge is 2.20. The molecule has 0 aromatic carbocycles. The number of unbranched alkanes of at least 4 members (excludes halogenated alkanes) is 55. The maximum absolute atomic E-state index is 12.5. The molecule has 0 saturated heterocycles. The largest absolute Gasteiger partial charge is 0.466 e. The van der Waals surface area contributed by atoms with Gasteiger partial charge in [0, 0.05) is 12.8 Å². The number of esters is 1. The number of ether oxygens (including phenoxy) is 1. The number of carbonyl (C=O) groups is 2. The lowest BCUT2D eigenvalue weighted by molar-refractivity contribution is -0.143. The summed E-state index contributed by atoms with van der Waals surface area (Å²) in [5, 5.41) is 23.4. The first-order chi connectivity index (χ1) is 38.5. The number of aliphatic hydroxyl groups excluding tert-OH is 2. The Balaban J connectivity index is 3.38. The van der Waals surface area contributed by atoms with E-state index in [0.29, 0.717) is 25.9 Å². The predicted molar refractivity (Wildman–Crippen MR) is 343 cm³/mol. The van der Waals surface area contributed by atoms with Crippen LogP contribution in [-0.4, -0.2) is 47.4 Å². The van der Waals surface area contributed by atoms with Crippen LogP contribution >= 0.6 is 0 Å². The lowest BCUT2D eigenvalue weighted by atomic mass is 10.0. The molecular weight excluding hydrogens is 959 g/mol. The second-order valence-electron chi connectivity index (χ2n) is 24.9. The fraction of sp³-hybridized carbons (Fsp3) is 0.944. The van der Waals surface area contributed by atoms with E-state index in [1.54, 1.807) is 0 Å². The average molecular weight is 1100 g/mol. The minimum absolute atomic E-state index is 0.0172. The van der Waals surface area contributed by atoms with E-state index in [1.165, 1.54) is 340 Å². The van der Waals surface area contributed by atoms with Crippen LogP contribution in [0.2, 0.25) is 0 Å². The topological polar surface area (TPSA) is 95.9 Å². The van der Waals surface area contributed by atoms with E-state index >= 15 is 0 Å². The molecule has 0 bridgehead atoms. The monoisotopic (exact) mass is 1100 g/mol. The molecule has 6 heteroatoms. The Morgan fingerprint density at radius 3 is 0.910 bits per heavy atom. The molecule has 0 aromatic rings. The van der Waals surface area contributed by atoms with Crippen LogP contribution in [0.1, 0.15) is 412 Å². The minimum Gasteiger partial charge on any atom is -0.466 e. The molecule has 0 spiro atoms. The van der Waals surface area contributed by atoms with Crippen LogP contribution in [0.5, 0.6) is 0 Å². The third-order valence-corrected chi connectivity index (χ3v) is 17.1. The zero-order valence-corrected chi connectivity index (χ0v) is 53.2. The van der Waals surface area contributed by atoms with Crippen molar-refractivity contribution >= 4 is 11.9 Å². The first-order valence-electron chi connectivity index (χ1n) is 35.9. The van der Waals surface area contributed by atoms with Gasteiger partial charge in [-0.15, -0.1) is 0 Å². The van der Waals surface area contributed by atoms with Crippen molar-refractivity contribution in [3.63, 3.8) is 0 Å². The molecule has 0 saturated carbocycles. The highest BCUT2D eigenvalue weighted by molar-refractivity contribution is 5.76. The van der Waals surface area contributed by atoms with Gasteiger partial charge < -0.3 is 20.3 Å². The summed E-state index contributed by atoms with van der Waals surface area (Å²) in [6.07, 6.45) is 84.0. The molecule has 0 heterocycles. The SMILES string of the molecule is CCCCCCCCCCCCCCCCCCCCCCC(O)C(CO)NC(=O)CCCCCCCCC/C=C\CCCCCCCCCCCCCCOC(=O)CCCCCCCCCCCCCCCCCCCC. The molecule has 2 unspecified atom stereocenters. The van der Waals surface area contributed by atoms with Crippen molar-refractivity contribution in [1.82, 2.24) is 5.32 Å². The third-order valence-electron chi connectivity index (χ3n) is 17.1. The van der Waals surface area contributed by atoms with Gasteiger partial charge in [0.1, 0.15) is 0 Å². The first-order valence-corrected chi connectivity index (χ1v) is 35.9. The smallest absolute Gasteiger partial charge is 0.305 e. The number of rotatable bonds is 68. The normalized spacial score (nSPS) is 12.5. The lowest BCUT2D eigenvalue weighted by Crippen LogP contribution is -2.45. The molecule has 0 rings (SSSR count). The number of aliphatic hydroxyl groups is 2. The zero-order valence-electron chi connectivity index (χ0n) is 53.2. The van der Waals surface area contributed by atoms with Crippen molar-refractivity contribution in [3.8, 4) is 0 Å². The Kier molecular flexibility index (Phi) is 66.9. The van der Waals surface area contributed by atoms with E-state index in [4.69, 9.17) is 4.74 Å². The molecule has 464 valence electrons. The number of carbonyl (C=O) groups excluding carboxylic acids is 2. The van der Waals surface area contributed by atoms with E-state index in [0.717, 1.165) is 38.5 Å². The molecule has 3 N–H and O–H groups in total. The summed E-state index contributed by atoms with van der Waals surface area (Å²) in [4.78, 5) is 24.7. The molecule has 0 aromatic heterocycles. The summed E-state index contributed by atoms with van der Waals surface area (Å²) in [5.41, 5.74) is 0. The molecule has 0 radical (unpaired) electrons. The first kappa shape index (κ1) is 76.6. The molecule has 0 aliphatic rings. The van der Waals surface area contributed by atoms with E-state index in [1.807, 2.05) is 0 Å². The lowest BCUT2D eigenvalue weighted by Gasteiger charge is -2.22. The van der Waals surface area contributed by atoms with E-state index in [-0.39, 0.29) is 18.5 Å². The van der Waals surface area contributed by atoms with E-state index in [2.05, 4.69) is 31.3 Å². The number of allylic oxidation sites excluding steroid dienone is 2. The standard InChI is InChI=1S/C72H141NO5/c1-3-5-7-9-11-13-15-17-19-21-23-29-32-36-40-44-48-52-56-60-64-70(75)69(68-74)73-71(76)65-61-57-53-49-45-41-37-33-30-27-25-24-26-28-31-35-39-43-47-51-55-59-63-67-78-72(77)66-62-58-54-50-46-42-38-34-22-20-18-16-14-12-10-8-6-4-2/h27,30,69-70,74-75H,3-26,28-29,31-68H2,1-2H3,(H,73,76)/b30-27-. The number of nitrogens with one attached hydrogen (secondary N) is 1. The van der Waals surface area contributed by atoms with Crippen LogP contribution in [-0.2, 0) is 14.3 Å². The number of amides is 1. The van der Waals surface area contributed by atoms with Gasteiger partial charge in [-0.1, -0.05) is 360 Å². The summed E-state index contributed by atoms with van der Waals surface area (Å²) in [5.74, 6) is -0.0194.